The van der Waals surface area contributed by atoms with Gasteiger partial charge in [-0.3, -0.25) is 0 Å². The highest BCUT2D eigenvalue weighted by Gasteiger charge is 1.90. The third-order valence-electron chi connectivity index (χ3n) is 1.73. The zero-order valence-electron chi connectivity index (χ0n) is 7.27. The number of aliphatic hydroxyl groups is 1. The van der Waals surface area contributed by atoms with Crippen LogP contribution < -0.4 is 0 Å². The van der Waals surface area contributed by atoms with Crippen LogP contribution in [0.15, 0.2) is 30.3 Å². The summed E-state index contributed by atoms with van der Waals surface area (Å²) < 4.78 is 0. The van der Waals surface area contributed by atoms with Gasteiger partial charge in [0.15, 0.2) is 0 Å². The van der Waals surface area contributed by atoms with Gasteiger partial charge in [0.2, 0.25) is 0 Å². The lowest BCUT2D eigenvalue weighted by atomic mass is 10.1. The quantitative estimate of drug-likeness (QED) is 0.708. The Kier molecular flexibility index (Phi) is 3.74. The molecule has 0 aliphatic rings. The van der Waals surface area contributed by atoms with Crippen molar-refractivity contribution in [3.05, 3.63) is 41.5 Å². The molecule has 0 bridgehead atoms. The molecule has 1 aromatic rings. The lowest BCUT2D eigenvalue weighted by molar-refractivity contribution is 0.299. The van der Waals surface area contributed by atoms with E-state index in [2.05, 4.69) is 0 Å². The van der Waals surface area contributed by atoms with Crippen LogP contribution >= 0.6 is 0 Å². The maximum absolute atomic E-state index is 8.67. The highest BCUT2D eigenvalue weighted by molar-refractivity contribution is 5.52. The molecule has 0 heterocycles. The number of nitrogens with zero attached hydrogens (tertiary/aromatic N) is 1. The molecule has 2 nitrogen and oxygen atoms in total. The smallest absolute Gasteiger partial charge is 0.0912 e. The maximum Gasteiger partial charge on any atom is 0.0912 e. The largest absolute Gasteiger partial charge is 0.396 e. The highest BCUT2D eigenvalue weighted by atomic mass is 16.2. The van der Waals surface area contributed by atoms with Crippen LogP contribution in [-0.4, -0.2) is 11.7 Å². The number of hydrogen-bond donors (Lipinski definition) is 1. The van der Waals surface area contributed by atoms with Gasteiger partial charge < -0.3 is 5.11 Å². The number of nitriles is 1. The first-order valence-corrected chi connectivity index (χ1v) is 4.13. The Morgan fingerprint density at radius 1 is 1.31 bits per heavy atom. The van der Waals surface area contributed by atoms with Gasteiger partial charge in [-0.15, -0.1) is 0 Å². The summed E-state index contributed by atoms with van der Waals surface area (Å²) in [6.07, 6.45) is 3.88. The van der Waals surface area contributed by atoms with E-state index in [4.69, 9.17) is 10.4 Å². The first kappa shape index (κ1) is 9.50. The molecule has 0 atom stereocenters. The van der Waals surface area contributed by atoms with E-state index in [-0.39, 0.29) is 6.61 Å². The Bertz CT molecular complexity index is 319. The first-order valence-electron chi connectivity index (χ1n) is 4.13. The van der Waals surface area contributed by atoms with Gasteiger partial charge >= 0.3 is 0 Å². The third-order valence-corrected chi connectivity index (χ3v) is 1.73. The molecule has 0 aromatic heterocycles. The summed E-state index contributed by atoms with van der Waals surface area (Å²) in [6, 6.07) is 9.70. The number of allylic oxidation sites excluding steroid dienone is 1. The minimum absolute atomic E-state index is 0.174. The summed E-state index contributed by atoms with van der Waals surface area (Å²) in [5, 5.41) is 17.0. The first-order chi connectivity index (χ1) is 6.36. The van der Waals surface area contributed by atoms with Crippen LogP contribution in [0, 0.1) is 11.3 Å². The molecule has 0 saturated heterocycles. The molecule has 1 aromatic carbocycles. The van der Waals surface area contributed by atoms with E-state index in [1.54, 1.807) is 6.08 Å². The fourth-order valence-electron chi connectivity index (χ4n) is 1.06. The predicted molar refractivity (Wildman–Crippen MR) is 51.9 cm³/mol. The summed E-state index contributed by atoms with van der Waals surface area (Å²) in [6.45, 7) is 0.174. The fourth-order valence-corrected chi connectivity index (χ4v) is 1.06. The van der Waals surface area contributed by atoms with Crippen LogP contribution in [-0.2, 0) is 6.42 Å². The lowest BCUT2D eigenvalue weighted by Gasteiger charge is -1.97. The van der Waals surface area contributed by atoms with Crippen molar-refractivity contribution in [2.45, 2.75) is 6.42 Å². The van der Waals surface area contributed by atoms with Crippen LogP contribution in [0.5, 0.6) is 0 Å². The monoisotopic (exact) mass is 173 g/mol. The molecule has 13 heavy (non-hydrogen) atoms. The predicted octanol–water partition coefficient (Wildman–Crippen LogP) is 1.76. The van der Waals surface area contributed by atoms with Crippen molar-refractivity contribution in [2.75, 3.05) is 6.61 Å². The van der Waals surface area contributed by atoms with Crippen LogP contribution in [0.4, 0.5) is 0 Å². The molecule has 0 unspecified atom stereocenters. The molecule has 0 fully saturated rings. The Balaban J connectivity index is 2.70. The topological polar surface area (TPSA) is 44.0 Å². The van der Waals surface area contributed by atoms with Crippen molar-refractivity contribution in [3.63, 3.8) is 0 Å². The second-order valence-electron chi connectivity index (χ2n) is 2.68. The van der Waals surface area contributed by atoms with Crippen molar-refractivity contribution in [1.82, 2.24) is 0 Å². The summed E-state index contributed by atoms with van der Waals surface area (Å²) >= 11 is 0. The van der Waals surface area contributed by atoms with Crippen LogP contribution in [0.2, 0.25) is 0 Å². The molecular weight excluding hydrogens is 162 g/mol. The summed E-state index contributed by atoms with van der Waals surface area (Å²) in [5.41, 5.74) is 2.11. The second-order valence-corrected chi connectivity index (χ2v) is 2.68. The second kappa shape index (κ2) is 5.13. The molecule has 0 radical (unpaired) electrons. The van der Waals surface area contributed by atoms with Gasteiger partial charge in [-0.05, 0) is 23.6 Å². The highest BCUT2D eigenvalue weighted by Crippen LogP contribution is 2.06. The van der Waals surface area contributed by atoms with Crippen molar-refractivity contribution in [1.29, 1.82) is 5.26 Å². The van der Waals surface area contributed by atoms with Crippen LogP contribution in [0.3, 0.4) is 0 Å². The van der Waals surface area contributed by atoms with Gasteiger partial charge in [0.1, 0.15) is 0 Å². The zero-order chi connectivity index (χ0) is 9.52. The van der Waals surface area contributed by atoms with E-state index in [1.807, 2.05) is 30.3 Å². The molecule has 0 aliphatic heterocycles. The van der Waals surface area contributed by atoms with E-state index in [1.165, 1.54) is 6.08 Å². The van der Waals surface area contributed by atoms with Crippen molar-refractivity contribution in [3.8, 4) is 6.07 Å². The SMILES string of the molecule is N#CC=Cc1ccc(CCO)cc1. The van der Waals surface area contributed by atoms with Crippen LogP contribution in [0.25, 0.3) is 6.08 Å². The third kappa shape index (κ3) is 3.10. The molecule has 66 valence electrons. The van der Waals surface area contributed by atoms with Crippen molar-refractivity contribution < 1.29 is 5.11 Å². The average Bonchev–Trinajstić information content (AvgIpc) is 2.17. The van der Waals surface area contributed by atoms with Crippen LogP contribution in [0.1, 0.15) is 11.1 Å². The van der Waals surface area contributed by atoms with E-state index in [9.17, 15) is 0 Å². The fraction of sp³-hybridized carbons (Fsp3) is 0.182. The maximum atomic E-state index is 8.67. The number of benzene rings is 1. The standard InChI is InChI=1S/C11H11NO/c12-8-1-2-10-3-5-11(6-4-10)7-9-13/h1-6,13H,7,9H2. The average molecular weight is 173 g/mol. The minimum Gasteiger partial charge on any atom is -0.396 e. The molecule has 0 saturated carbocycles. The molecule has 0 aliphatic carbocycles. The van der Waals surface area contributed by atoms with E-state index >= 15 is 0 Å². The number of rotatable bonds is 3. The summed E-state index contributed by atoms with van der Waals surface area (Å²) in [7, 11) is 0. The lowest BCUT2D eigenvalue weighted by Crippen LogP contribution is -1.89. The van der Waals surface area contributed by atoms with Gasteiger partial charge in [-0.25, -0.2) is 0 Å². The van der Waals surface area contributed by atoms with Gasteiger partial charge in [-0.2, -0.15) is 5.26 Å². The molecule has 0 amide bonds. The molecule has 2 heteroatoms. The normalized spacial score (nSPS) is 10.2. The number of hydrogen-bond acceptors (Lipinski definition) is 2. The van der Waals surface area contributed by atoms with Gasteiger partial charge in [-0.1, -0.05) is 24.3 Å². The van der Waals surface area contributed by atoms with Gasteiger partial charge in [0.25, 0.3) is 0 Å². The van der Waals surface area contributed by atoms with E-state index in [0.29, 0.717) is 6.42 Å². The van der Waals surface area contributed by atoms with E-state index in [0.717, 1.165) is 11.1 Å². The Labute approximate surface area is 77.8 Å². The van der Waals surface area contributed by atoms with Crippen molar-refractivity contribution in [2.24, 2.45) is 0 Å². The zero-order valence-corrected chi connectivity index (χ0v) is 7.27. The Morgan fingerprint density at radius 2 is 2.00 bits per heavy atom. The summed E-state index contributed by atoms with van der Waals surface area (Å²) in [5.74, 6) is 0. The molecular formula is C11H11NO. The summed E-state index contributed by atoms with van der Waals surface area (Å²) in [4.78, 5) is 0. The van der Waals surface area contributed by atoms with Crippen molar-refractivity contribution >= 4 is 6.08 Å². The molecule has 0 spiro atoms. The Hall–Kier alpha value is -1.59. The van der Waals surface area contributed by atoms with E-state index < -0.39 is 0 Å². The van der Waals surface area contributed by atoms with Gasteiger partial charge in [0, 0.05) is 12.7 Å². The van der Waals surface area contributed by atoms with Gasteiger partial charge in [0.05, 0.1) is 6.07 Å². The minimum atomic E-state index is 0.174. The number of aliphatic hydroxyl groups excluding tert-OH is 1. The molecule has 1 rings (SSSR count). The Morgan fingerprint density at radius 3 is 2.54 bits per heavy atom. The molecule has 1 N–H and O–H groups in total.